The maximum absolute atomic E-state index is 12.5. The van der Waals surface area contributed by atoms with Crippen molar-refractivity contribution < 1.29 is 22.7 Å². The van der Waals surface area contributed by atoms with E-state index in [1.54, 1.807) is 13.0 Å². The molecule has 1 heterocycles. The lowest BCUT2D eigenvalue weighted by atomic mass is 10.2. The van der Waals surface area contributed by atoms with Crippen molar-refractivity contribution in [3.8, 4) is 5.75 Å². The highest BCUT2D eigenvalue weighted by Gasteiger charge is 2.34. The van der Waals surface area contributed by atoms with Crippen LogP contribution in [0.5, 0.6) is 5.75 Å². The summed E-state index contributed by atoms with van der Waals surface area (Å²) in [4.78, 5) is 22.6. The lowest BCUT2D eigenvalue weighted by Crippen LogP contribution is -2.53. The Balaban J connectivity index is 2.47. The van der Waals surface area contributed by atoms with E-state index in [-0.39, 0.29) is 23.7 Å². The van der Waals surface area contributed by atoms with Crippen LogP contribution in [0.4, 0.5) is 0 Å². The molecule has 0 unspecified atom stereocenters. The number of benzene rings is 1. The Morgan fingerprint density at radius 3 is 2.35 bits per heavy atom. The molecule has 0 aliphatic carbocycles. The van der Waals surface area contributed by atoms with E-state index in [0.717, 1.165) is 9.87 Å². The van der Waals surface area contributed by atoms with Crippen LogP contribution in [-0.4, -0.2) is 44.7 Å². The standard InChI is InChI=1S/C12H14N2O5S/c1-8-3-4-9(19-2)10(5-8)20(17,18)14-6-11(15)13-12(16)7-14/h3-5H,6-7H2,1-2H3,(H,13,15,16). The van der Waals surface area contributed by atoms with Crippen LogP contribution in [0.3, 0.4) is 0 Å². The largest absolute Gasteiger partial charge is 0.495 e. The Hall–Kier alpha value is -1.93. The molecule has 1 aliphatic heterocycles. The fraction of sp³-hybridized carbons (Fsp3) is 0.333. The highest BCUT2D eigenvalue weighted by molar-refractivity contribution is 7.89. The third-order valence-corrected chi connectivity index (χ3v) is 4.67. The Morgan fingerprint density at radius 2 is 1.80 bits per heavy atom. The quantitative estimate of drug-likeness (QED) is 0.770. The van der Waals surface area contributed by atoms with Crippen molar-refractivity contribution >= 4 is 21.8 Å². The number of hydrogen-bond acceptors (Lipinski definition) is 5. The summed E-state index contributed by atoms with van der Waals surface area (Å²) in [6.07, 6.45) is 0. The van der Waals surface area contributed by atoms with Crippen molar-refractivity contribution in [3.63, 3.8) is 0 Å². The smallest absolute Gasteiger partial charge is 0.247 e. The maximum atomic E-state index is 12.5. The van der Waals surface area contributed by atoms with Gasteiger partial charge in [0.15, 0.2) is 0 Å². The fourth-order valence-electron chi connectivity index (χ4n) is 1.91. The molecule has 1 aromatic carbocycles. The van der Waals surface area contributed by atoms with Crippen molar-refractivity contribution in [2.75, 3.05) is 20.2 Å². The molecule has 108 valence electrons. The van der Waals surface area contributed by atoms with Crippen LogP contribution in [0, 0.1) is 6.92 Å². The Bertz CT molecular complexity index is 652. The molecule has 20 heavy (non-hydrogen) atoms. The summed E-state index contributed by atoms with van der Waals surface area (Å²) < 4.78 is 30.9. The van der Waals surface area contributed by atoms with E-state index in [2.05, 4.69) is 5.32 Å². The van der Waals surface area contributed by atoms with Gasteiger partial charge in [-0.1, -0.05) is 6.07 Å². The van der Waals surface area contributed by atoms with Crippen LogP contribution in [0.2, 0.25) is 0 Å². The van der Waals surface area contributed by atoms with Gasteiger partial charge in [-0.3, -0.25) is 14.9 Å². The molecule has 0 radical (unpaired) electrons. The van der Waals surface area contributed by atoms with Gasteiger partial charge < -0.3 is 4.74 Å². The van der Waals surface area contributed by atoms with Gasteiger partial charge in [0.05, 0.1) is 20.2 Å². The van der Waals surface area contributed by atoms with Gasteiger partial charge in [-0.25, -0.2) is 8.42 Å². The molecule has 1 aromatic rings. The lowest BCUT2D eigenvalue weighted by Gasteiger charge is -2.25. The van der Waals surface area contributed by atoms with Crippen LogP contribution in [0.1, 0.15) is 5.56 Å². The van der Waals surface area contributed by atoms with Gasteiger partial charge in [-0.05, 0) is 24.6 Å². The van der Waals surface area contributed by atoms with Crippen molar-refractivity contribution in [1.29, 1.82) is 0 Å². The van der Waals surface area contributed by atoms with E-state index in [4.69, 9.17) is 4.74 Å². The average molecular weight is 298 g/mol. The average Bonchev–Trinajstić information content (AvgIpc) is 2.37. The number of nitrogens with zero attached hydrogens (tertiary/aromatic N) is 1. The summed E-state index contributed by atoms with van der Waals surface area (Å²) in [5.74, 6) is -1.11. The number of methoxy groups -OCH3 is 1. The van der Waals surface area contributed by atoms with Crippen LogP contribution >= 0.6 is 0 Å². The monoisotopic (exact) mass is 298 g/mol. The summed E-state index contributed by atoms with van der Waals surface area (Å²) in [6.45, 7) is 0.975. The third kappa shape index (κ3) is 2.66. The first kappa shape index (κ1) is 14.5. The zero-order valence-corrected chi connectivity index (χ0v) is 11.9. The molecule has 1 saturated heterocycles. The Morgan fingerprint density at radius 1 is 1.20 bits per heavy atom. The van der Waals surface area contributed by atoms with Crippen molar-refractivity contribution in [2.45, 2.75) is 11.8 Å². The topological polar surface area (TPSA) is 92.8 Å². The summed E-state index contributed by atoms with van der Waals surface area (Å²) >= 11 is 0. The number of hydrogen-bond donors (Lipinski definition) is 1. The molecule has 2 rings (SSSR count). The molecular formula is C12H14N2O5S. The van der Waals surface area contributed by atoms with E-state index >= 15 is 0 Å². The summed E-state index contributed by atoms with van der Waals surface area (Å²) in [5.41, 5.74) is 0.733. The number of amides is 2. The number of sulfonamides is 1. The van der Waals surface area contributed by atoms with E-state index in [0.29, 0.717) is 0 Å². The van der Waals surface area contributed by atoms with Gasteiger partial charge in [-0.15, -0.1) is 0 Å². The third-order valence-electron chi connectivity index (χ3n) is 2.86. The molecule has 0 bridgehead atoms. The number of imide groups is 1. The maximum Gasteiger partial charge on any atom is 0.247 e. The van der Waals surface area contributed by atoms with Crippen molar-refractivity contribution in [2.24, 2.45) is 0 Å². The molecule has 0 spiro atoms. The van der Waals surface area contributed by atoms with Gasteiger partial charge in [0.25, 0.3) is 0 Å². The molecule has 1 fully saturated rings. The highest BCUT2D eigenvalue weighted by Crippen LogP contribution is 2.27. The number of aryl methyl sites for hydroxylation is 1. The number of piperazine rings is 1. The molecule has 1 N–H and O–H groups in total. The number of carbonyl (C=O) groups is 2. The summed E-state index contributed by atoms with van der Waals surface area (Å²) in [6, 6.07) is 4.70. The zero-order chi connectivity index (χ0) is 14.9. The second-order valence-corrected chi connectivity index (χ2v) is 6.31. The van der Waals surface area contributed by atoms with Gasteiger partial charge in [0.1, 0.15) is 10.6 Å². The molecule has 1 aliphatic rings. The number of nitrogens with one attached hydrogen (secondary N) is 1. The van der Waals surface area contributed by atoms with Crippen LogP contribution in [0.15, 0.2) is 23.1 Å². The van der Waals surface area contributed by atoms with Gasteiger partial charge in [-0.2, -0.15) is 4.31 Å². The number of rotatable bonds is 3. The SMILES string of the molecule is COc1ccc(C)cc1S(=O)(=O)N1CC(=O)NC(=O)C1. The summed E-state index contributed by atoms with van der Waals surface area (Å²) in [7, 11) is -2.61. The molecule has 8 heteroatoms. The van der Waals surface area contributed by atoms with Crippen LogP contribution < -0.4 is 10.1 Å². The van der Waals surface area contributed by atoms with Gasteiger partial charge >= 0.3 is 0 Å². The van der Waals surface area contributed by atoms with E-state index in [1.807, 2.05) is 0 Å². The minimum atomic E-state index is -3.97. The van der Waals surface area contributed by atoms with Crippen molar-refractivity contribution in [1.82, 2.24) is 9.62 Å². The molecule has 7 nitrogen and oxygen atoms in total. The lowest BCUT2D eigenvalue weighted by molar-refractivity contribution is -0.134. The second kappa shape index (κ2) is 5.22. The Kier molecular flexibility index (Phi) is 3.78. The van der Waals surface area contributed by atoms with E-state index < -0.39 is 21.8 Å². The number of carbonyl (C=O) groups excluding carboxylic acids is 2. The molecule has 2 amide bonds. The van der Waals surface area contributed by atoms with Gasteiger partial charge in [0, 0.05) is 0 Å². The number of ether oxygens (including phenoxy) is 1. The molecule has 0 atom stereocenters. The predicted octanol–water partition coefficient (Wildman–Crippen LogP) is -0.349. The molecule has 0 saturated carbocycles. The Labute approximate surface area is 116 Å². The van der Waals surface area contributed by atoms with E-state index in [9.17, 15) is 18.0 Å². The van der Waals surface area contributed by atoms with Crippen LogP contribution in [-0.2, 0) is 19.6 Å². The minimum absolute atomic E-state index is 0.0532. The zero-order valence-electron chi connectivity index (χ0n) is 11.0. The summed E-state index contributed by atoms with van der Waals surface area (Å²) in [5, 5.41) is 2.06. The first-order valence-electron chi connectivity index (χ1n) is 5.82. The van der Waals surface area contributed by atoms with Gasteiger partial charge in [0.2, 0.25) is 21.8 Å². The fourth-order valence-corrected chi connectivity index (χ4v) is 3.50. The van der Waals surface area contributed by atoms with Crippen LogP contribution in [0.25, 0.3) is 0 Å². The normalized spacial score (nSPS) is 16.9. The second-order valence-electron chi connectivity index (χ2n) is 4.40. The molecular weight excluding hydrogens is 284 g/mol. The van der Waals surface area contributed by atoms with E-state index in [1.165, 1.54) is 19.2 Å². The predicted molar refractivity (Wildman–Crippen MR) is 69.6 cm³/mol. The first-order chi connectivity index (χ1) is 9.34. The first-order valence-corrected chi connectivity index (χ1v) is 7.26. The molecule has 0 aromatic heterocycles. The highest BCUT2D eigenvalue weighted by atomic mass is 32.2. The minimum Gasteiger partial charge on any atom is -0.495 e. The van der Waals surface area contributed by atoms with Crippen molar-refractivity contribution in [3.05, 3.63) is 23.8 Å².